The highest BCUT2D eigenvalue weighted by atomic mass is 32.2. The van der Waals surface area contributed by atoms with Crippen LogP contribution in [0.2, 0.25) is 0 Å². The smallest absolute Gasteiger partial charge is 0.319 e. The first-order valence-corrected chi connectivity index (χ1v) is 6.41. The molecule has 0 saturated carbocycles. The Balaban J connectivity index is 2.53. The van der Waals surface area contributed by atoms with Crippen molar-refractivity contribution in [3.8, 4) is 0 Å². The monoisotopic (exact) mass is 235 g/mol. The molecule has 0 aromatic heterocycles. The van der Waals surface area contributed by atoms with Gasteiger partial charge in [0.1, 0.15) is 0 Å². The fourth-order valence-corrected chi connectivity index (χ4v) is 2.53. The number of sulfonamides is 1. The second-order valence-electron chi connectivity index (χ2n) is 3.95. The third-order valence-electron chi connectivity index (χ3n) is 2.56. The summed E-state index contributed by atoms with van der Waals surface area (Å²) in [6.45, 7) is 0.913. The molecule has 6 nitrogen and oxygen atoms in total. The van der Waals surface area contributed by atoms with Crippen LogP contribution in [0.1, 0.15) is 12.8 Å². The predicted molar refractivity (Wildman–Crippen MR) is 56.8 cm³/mol. The number of rotatable bonds is 1. The van der Waals surface area contributed by atoms with E-state index in [-0.39, 0.29) is 6.03 Å². The Kier molecular flexibility index (Phi) is 3.56. The lowest BCUT2D eigenvalue weighted by Crippen LogP contribution is -2.47. The van der Waals surface area contributed by atoms with Gasteiger partial charge in [-0.15, -0.1) is 0 Å². The number of carbonyl (C=O) groups is 1. The lowest BCUT2D eigenvalue weighted by atomic mass is 10.1. The van der Waals surface area contributed by atoms with Gasteiger partial charge in [-0.2, -0.15) is 0 Å². The number of likely N-dealkylation sites (tertiary alicyclic amines) is 1. The molecule has 1 rings (SSSR count). The highest BCUT2D eigenvalue weighted by Gasteiger charge is 2.29. The first kappa shape index (κ1) is 12.3. The van der Waals surface area contributed by atoms with Crippen LogP contribution in [0.15, 0.2) is 0 Å². The highest BCUT2D eigenvalue weighted by Crippen LogP contribution is 2.16. The van der Waals surface area contributed by atoms with Crippen molar-refractivity contribution in [1.82, 2.24) is 9.80 Å². The first-order chi connectivity index (χ1) is 6.82. The number of nitrogens with two attached hydrogens (primary N) is 1. The molecule has 1 fully saturated rings. The van der Waals surface area contributed by atoms with Crippen molar-refractivity contribution in [2.45, 2.75) is 18.1 Å². The fraction of sp³-hybridized carbons (Fsp3) is 0.875. The van der Waals surface area contributed by atoms with Crippen LogP contribution < -0.4 is 5.14 Å². The predicted octanol–water partition coefficient (Wildman–Crippen LogP) is -0.579. The minimum absolute atomic E-state index is 0.0807. The van der Waals surface area contributed by atoms with Crippen molar-refractivity contribution in [3.63, 3.8) is 0 Å². The molecule has 0 aromatic carbocycles. The Hall–Kier alpha value is -0.820. The average molecular weight is 235 g/mol. The van der Waals surface area contributed by atoms with E-state index in [1.165, 1.54) is 4.90 Å². The van der Waals surface area contributed by atoms with Crippen LogP contribution in [0.5, 0.6) is 0 Å². The number of hydrogen-bond acceptors (Lipinski definition) is 3. The highest BCUT2D eigenvalue weighted by molar-refractivity contribution is 7.89. The Morgan fingerprint density at radius 3 is 2.13 bits per heavy atom. The summed E-state index contributed by atoms with van der Waals surface area (Å²) in [5.74, 6) is 0. The number of nitrogens with zero attached hydrogens (tertiary/aromatic N) is 2. The topological polar surface area (TPSA) is 83.7 Å². The van der Waals surface area contributed by atoms with Gasteiger partial charge in [-0.3, -0.25) is 0 Å². The number of primary sulfonamides is 1. The number of hydrogen-bond donors (Lipinski definition) is 1. The Morgan fingerprint density at radius 2 is 1.80 bits per heavy atom. The van der Waals surface area contributed by atoms with Gasteiger partial charge in [-0.1, -0.05) is 0 Å². The van der Waals surface area contributed by atoms with Crippen LogP contribution in [0.3, 0.4) is 0 Å². The van der Waals surface area contributed by atoms with Crippen molar-refractivity contribution >= 4 is 16.1 Å². The summed E-state index contributed by atoms with van der Waals surface area (Å²) in [5, 5.41) is 4.55. The standard InChI is InChI=1S/C8H17N3O3S/c1-10(2)8(12)11-5-3-7(4-6-11)15(9,13)14/h7H,3-6H2,1-2H3,(H2,9,13,14). The van der Waals surface area contributed by atoms with Crippen LogP contribution in [0, 0.1) is 0 Å². The van der Waals surface area contributed by atoms with Crippen LogP contribution in [0.4, 0.5) is 4.79 Å². The Morgan fingerprint density at radius 1 is 1.33 bits per heavy atom. The number of urea groups is 1. The van der Waals surface area contributed by atoms with E-state index in [4.69, 9.17) is 5.14 Å². The lowest BCUT2D eigenvalue weighted by molar-refractivity contribution is 0.161. The zero-order chi connectivity index (χ0) is 11.6. The summed E-state index contributed by atoms with van der Waals surface area (Å²) in [6.07, 6.45) is 0.858. The van der Waals surface area contributed by atoms with Crippen LogP contribution in [-0.2, 0) is 10.0 Å². The molecule has 0 atom stereocenters. The van der Waals surface area contributed by atoms with E-state index >= 15 is 0 Å². The number of piperidine rings is 1. The number of carbonyl (C=O) groups excluding carboxylic acids is 1. The van der Waals surface area contributed by atoms with Crippen molar-refractivity contribution in [2.75, 3.05) is 27.2 Å². The zero-order valence-corrected chi connectivity index (χ0v) is 9.83. The van der Waals surface area contributed by atoms with Gasteiger partial charge in [0.2, 0.25) is 10.0 Å². The molecule has 1 aliphatic rings. The molecule has 0 bridgehead atoms. The molecule has 2 amide bonds. The minimum Gasteiger partial charge on any atom is -0.331 e. The zero-order valence-electron chi connectivity index (χ0n) is 9.01. The molecule has 7 heteroatoms. The second-order valence-corrected chi connectivity index (χ2v) is 5.80. The molecule has 0 spiro atoms. The van der Waals surface area contributed by atoms with E-state index in [0.29, 0.717) is 25.9 Å². The molecule has 1 saturated heterocycles. The van der Waals surface area contributed by atoms with Crippen LogP contribution >= 0.6 is 0 Å². The van der Waals surface area contributed by atoms with Gasteiger partial charge in [-0.05, 0) is 12.8 Å². The van der Waals surface area contributed by atoms with Gasteiger partial charge in [0.25, 0.3) is 0 Å². The molecular formula is C8H17N3O3S. The van der Waals surface area contributed by atoms with E-state index in [0.717, 1.165) is 0 Å². The first-order valence-electron chi connectivity index (χ1n) is 4.80. The summed E-state index contributed by atoms with van der Waals surface area (Å²) >= 11 is 0. The summed E-state index contributed by atoms with van der Waals surface area (Å²) in [5.41, 5.74) is 0. The van der Waals surface area contributed by atoms with Crippen molar-refractivity contribution in [3.05, 3.63) is 0 Å². The van der Waals surface area contributed by atoms with E-state index in [1.54, 1.807) is 19.0 Å². The summed E-state index contributed by atoms with van der Waals surface area (Å²) in [6, 6.07) is -0.0807. The lowest BCUT2D eigenvalue weighted by Gasteiger charge is -2.32. The molecule has 15 heavy (non-hydrogen) atoms. The molecule has 88 valence electrons. The van der Waals surface area contributed by atoms with Gasteiger partial charge < -0.3 is 9.80 Å². The molecule has 0 radical (unpaired) electrons. The average Bonchev–Trinajstić information content (AvgIpc) is 2.15. The van der Waals surface area contributed by atoms with E-state index < -0.39 is 15.3 Å². The van der Waals surface area contributed by atoms with Gasteiger partial charge in [-0.25, -0.2) is 18.4 Å². The van der Waals surface area contributed by atoms with Gasteiger partial charge in [0.15, 0.2) is 0 Å². The quantitative estimate of drug-likeness (QED) is 0.660. The summed E-state index contributed by atoms with van der Waals surface area (Å²) < 4.78 is 22.1. The third kappa shape index (κ3) is 3.07. The molecule has 0 unspecified atom stereocenters. The Bertz CT molecular complexity index is 331. The Labute approximate surface area is 90.1 Å². The molecular weight excluding hydrogens is 218 g/mol. The minimum atomic E-state index is -3.45. The molecule has 1 heterocycles. The third-order valence-corrected chi connectivity index (χ3v) is 3.96. The van der Waals surface area contributed by atoms with E-state index in [2.05, 4.69) is 0 Å². The van der Waals surface area contributed by atoms with Crippen molar-refractivity contribution < 1.29 is 13.2 Å². The van der Waals surface area contributed by atoms with Gasteiger partial charge in [0.05, 0.1) is 5.25 Å². The summed E-state index contributed by atoms with van der Waals surface area (Å²) in [7, 11) is -0.0974. The fourth-order valence-electron chi connectivity index (χ4n) is 1.66. The molecule has 0 aromatic rings. The van der Waals surface area contributed by atoms with Crippen molar-refractivity contribution in [2.24, 2.45) is 5.14 Å². The maximum absolute atomic E-state index is 11.5. The maximum Gasteiger partial charge on any atom is 0.319 e. The van der Waals surface area contributed by atoms with Gasteiger partial charge in [0, 0.05) is 27.2 Å². The normalized spacial score (nSPS) is 19.0. The summed E-state index contributed by atoms with van der Waals surface area (Å²) in [4.78, 5) is 14.6. The second kappa shape index (κ2) is 4.36. The molecule has 0 aliphatic carbocycles. The molecule has 1 aliphatic heterocycles. The maximum atomic E-state index is 11.5. The van der Waals surface area contributed by atoms with E-state index in [9.17, 15) is 13.2 Å². The SMILES string of the molecule is CN(C)C(=O)N1CCC(S(N)(=O)=O)CC1. The largest absolute Gasteiger partial charge is 0.331 e. The van der Waals surface area contributed by atoms with Crippen LogP contribution in [-0.4, -0.2) is 56.7 Å². The van der Waals surface area contributed by atoms with Crippen molar-refractivity contribution in [1.29, 1.82) is 0 Å². The van der Waals surface area contributed by atoms with Crippen LogP contribution in [0.25, 0.3) is 0 Å². The molecule has 2 N–H and O–H groups in total. The van der Waals surface area contributed by atoms with E-state index in [1.807, 2.05) is 0 Å². The number of amides is 2. The van der Waals surface area contributed by atoms with Gasteiger partial charge >= 0.3 is 6.03 Å².